The highest BCUT2D eigenvalue weighted by atomic mass is 16.7. The summed E-state index contributed by atoms with van der Waals surface area (Å²) in [7, 11) is 1.61. The second kappa shape index (κ2) is 23.3. The lowest BCUT2D eigenvalue weighted by Crippen LogP contribution is -2.61. The van der Waals surface area contributed by atoms with Crippen LogP contribution in [0.2, 0.25) is 0 Å². The summed E-state index contributed by atoms with van der Waals surface area (Å²) in [6, 6.07) is 34.8. The zero-order chi connectivity index (χ0) is 42.0. The topological polar surface area (TPSA) is 137 Å². The SMILES string of the molecule is C=CCOC(=O)[C@H](NC(=O)[C@@H](Cc1ccccc1)OC(C)=O)[C@@H](O[C@@H]1OC[C@@H](OCc2ccc(OC)cc2)[C@H](OCc2ccccc2)[C@H]1OCc1ccccc1)C(C)C. The van der Waals surface area contributed by atoms with Gasteiger partial charge in [-0.3, -0.25) is 9.59 Å². The first-order valence-corrected chi connectivity index (χ1v) is 19.8. The predicted molar refractivity (Wildman–Crippen MR) is 220 cm³/mol. The summed E-state index contributed by atoms with van der Waals surface area (Å²) in [6.45, 7) is 9.21. The van der Waals surface area contributed by atoms with Crippen LogP contribution in [-0.4, -0.2) is 81.0 Å². The predicted octanol–water partition coefficient (Wildman–Crippen LogP) is 6.54. The van der Waals surface area contributed by atoms with Gasteiger partial charge < -0.3 is 43.2 Å². The molecule has 1 N–H and O–H groups in total. The summed E-state index contributed by atoms with van der Waals surface area (Å²) < 4.78 is 49.4. The normalized spacial score (nSPS) is 19.2. The Balaban J connectivity index is 1.46. The van der Waals surface area contributed by atoms with Gasteiger partial charge >= 0.3 is 11.9 Å². The third-order valence-electron chi connectivity index (χ3n) is 9.61. The smallest absolute Gasteiger partial charge is 0.331 e. The molecule has 0 aliphatic carbocycles. The summed E-state index contributed by atoms with van der Waals surface area (Å²) in [5.74, 6) is -1.77. The Labute approximate surface area is 346 Å². The second-order valence-corrected chi connectivity index (χ2v) is 14.5. The van der Waals surface area contributed by atoms with Crippen LogP contribution in [-0.2, 0) is 73.8 Å². The van der Waals surface area contributed by atoms with E-state index < -0.39 is 60.7 Å². The first-order chi connectivity index (χ1) is 28.6. The lowest BCUT2D eigenvalue weighted by molar-refractivity contribution is -0.313. The van der Waals surface area contributed by atoms with E-state index in [9.17, 15) is 14.4 Å². The molecule has 1 amide bonds. The molecule has 0 bridgehead atoms. The number of ether oxygens (including phenoxy) is 8. The number of rotatable bonds is 22. The summed E-state index contributed by atoms with van der Waals surface area (Å²) >= 11 is 0. The number of benzene rings is 4. The maximum Gasteiger partial charge on any atom is 0.331 e. The van der Waals surface area contributed by atoms with E-state index >= 15 is 0 Å². The van der Waals surface area contributed by atoms with E-state index in [0.29, 0.717) is 0 Å². The molecule has 59 heavy (non-hydrogen) atoms. The minimum absolute atomic E-state index is 0.0554. The molecular weight excluding hydrogens is 755 g/mol. The summed E-state index contributed by atoms with van der Waals surface area (Å²) in [5, 5.41) is 2.80. The van der Waals surface area contributed by atoms with Crippen LogP contribution in [0.1, 0.15) is 43.0 Å². The highest BCUT2D eigenvalue weighted by molar-refractivity contribution is 5.89. The molecule has 5 rings (SSSR count). The molecule has 0 unspecified atom stereocenters. The van der Waals surface area contributed by atoms with E-state index in [-0.39, 0.29) is 45.4 Å². The Morgan fingerprint density at radius 1 is 0.763 bits per heavy atom. The zero-order valence-corrected chi connectivity index (χ0v) is 34.1. The first kappa shape index (κ1) is 44.7. The molecule has 0 radical (unpaired) electrons. The standard InChI is InChI=1S/C47H55NO11/c1-6-26-53-46(51)41(48-45(50)39(58-33(4)49)27-34-16-10-7-11-17-34)42(32(2)3)59-47-44(56-30-36-20-14-9-15-21-36)43(55-29-35-18-12-8-13-19-35)40(31-57-47)54-28-37-22-24-38(52-5)25-23-37/h6-25,32,39-44,47H,1,26-31H2,2-5H3,(H,48,50)/t39-,40-,41-,42+,43+,44-,47+/m1/s1. The third kappa shape index (κ3) is 13.9. The van der Waals surface area contributed by atoms with Crippen LogP contribution >= 0.6 is 0 Å². The van der Waals surface area contributed by atoms with Crippen molar-refractivity contribution in [3.63, 3.8) is 0 Å². The highest BCUT2D eigenvalue weighted by Crippen LogP contribution is 2.30. The van der Waals surface area contributed by atoms with E-state index in [4.69, 9.17) is 37.9 Å². The van der Waals surface area contributed by atoms with Crippen molar-refractivity contribution in [3.05, 3.63) is 150 Å². The molecular formula is C47H55NO11. The molecule has 0 saturated carbocycles. The third-order valence-corrected chi connectivity index (χ3v) is 9.61. The van der Waals surface area contributed by atoms with Crippen molar-refractivity contribution in [2.75, 3.05) is 20.3 Å². The average molecular weight is 810 g/mol. The molecule has 1 heterocycles. The van der Waals surface area contributed by atoms with Crippen LogP contribution in [0.15, 0.2) is 128 Å². The maximum atomic E-state index is 14.0. The molecule has 1 aliphatic rings. The van der Waals surface area contributed by atoms with Crippen LogP contribution in [0, 0.1) is 5.92 Å². The molecule has 0 spiro atoms. The quantitative estimate of drug-likeness (QED) is 0.0685. The van der Waals surface area contributed by atoms with Gasteiger partial charge in [-0.2, -0.15) is 0 Å². The van der Waals surface area contributed by atoms with Crippen molar-refractivity contribution in [2.45, 2.75) is 89.9 Å². The largest absolute Gasteiger partial charge is 0.497 e. The van der Waals surface area contributed by atoms with Crippen molar-refractivity contribution in [1.82, 2.24) is 5.32 Å². The Hall–Kier alpha value is -5.37. The summed E-state index contributed by atoms with van der Waals surface area (Å²) in [5.41, 5.74) is 3.53. The maximum absolute atomic E-state index is 14.0. The number of esters is 2. The summed E-state index contributed by atoms with van der Waals surface area (Å²) in [6.07, 6.45) is -4.08. The number of hydrogen-bond acceptors (Lipinski definition) is 11. The average Bonchev–Trinajstić information content (AvgIpc) is 3.25. The number of carbonyl (C=O) groups excluding carboxylic acids is 3. The lowest BCUT2D eigenvalue weighted by atomic mass is 9.97. The molecule has 314 valence electrons. The molecule has 1 saturated heterocycles. The van der Waals surface area contributed by atoms with Crippen LogP contribution in [0.3, 0.4) is 0 Å². The van der Waals surface area contributed by atoms with Gasteiger partial charge in [-0.25, -0.2) is 4.79 Å². The Morgan fingerprint density at radius 2 is 1.31 bits per heavy atom. The van der Waals surface area contributed by atoms with Gasteiger partial charge in [0.05, 0.1) is 39.6 Å². The fraction of sp³-hybridized carbons (Fsp3) is 0.383. The zero-order valence-electron chi connectivity index (χ0n) is 34.1. The van der Waals surface area contributed by atoms with Crippen molar-refractivity contribution < 1.29 is 52.3 Å². The van der Waals surface area contributed by atoms with Crippen LogP contribution in [0.25, 0.3) is 0 Å². The van der Waals surface area contributed by atoms with E-state index in [1.807, 2.05) is 129 Å². The first-order valence-electron chi connectivity index (χ1n) is 19.8. The van der Waals surface area contributed by atoms with Gasteiger partial charge in [0.1, 0.15) is 30.7 Å². The van der Waals surface area contributed by atoms with Crippen LogP contribution in [0.4, 0.5) is 0 Å². The fourth-order valence-electron chi connectivity index (χ4n) is 6.58. The number of nitrogens with one attached hydrogen (secondary N) is 1. The Morgan fingerprint density at radius 3 is 1.85 bits per heavy atom. The van der Waals surface area contributed by atoms with Crippen molar-refractivity contribution in [1.29, 1.82) is 0 Å². The monoisotopic (exact) mass is 809 g/mol. The van der Waals surface area contributed by atoms with Gasteiger partial charge in [0, 0.05) is 13.3 Å². The number of hydrogen-bond donors (Lipinski definition) is 1. The van der Waals surface area contributed by atoms with Gasteiger partial charge in [-0.05, 0) is 40.3 Å². The molecule has 1 fully saturated rings. The van der Waals surface area contributed by atoms with E-state index in [1.54, 1.807) is 7.11 Å². The van der Waals surface area contributed by atoms with Gasteiger partial charge in [0.15, 0.2) is 18.4 Å². The van der Waals surface area contributed by atoms with Crippen molar-refractivity contribution in [3.8, 4) is 5.75 Å². The number of methoxy groups -OCH3 is 1. The molecule has 0 aromatic heterocycles. The Bertz CT molecular complexity index is 1870. The molecule has 12 heteroatoms. The van der Waals surface area contributed by atoms with E-state index in [0.717, 1.165) is 28.0 Å². The second-order valence-electron chi connectivity index (χ2n) is 14.5. The minimum Gasteiger partial charge on any atom is -0.497 e. The number of carbonyl (C=O) groups is 3. The van der Waals surface area contributed by atoms with Crippen LogP contribution < -0.4 is 10.1 Å². The molecule has 12 nitrogen and oxygen atoms in total. The highest BCUT2D eigenvalue weighted by Gasteiger charge is 2.47. The summed E-state index contributed by atoms with van der Waals surface area (Å²) in [4.78, 5) is 40.0. The van der Waals surface area contributed by atoms with E-state index in [1.165, 1.54) is 13.0 Å². The van der Waals surface area contributed by atoms with Crippen LogP contribution in [0.5, 0.6) is 5.75 Å². The van der Waals surface area contributed by atoms with Gasteiger partial charge in [0.2, 0.25) is 0 Å². The van der Waals surface area contributed by atoms with Gasteiger partial charge in [0.25, 0.3) is 5.91 Å². The fourth-order valence-corrected chi connectivity index (χ4v) is 6.58. The number of amides is 1. The van der Waals surface area contributed by atoms with Gasteiger partial charge in [-0.15, -0.1) is 0 Å². The Kier molecular flexibility index (Phi) is 17.6. The van der Waals surface area contributed by atoms with Crippen molar-refractivity contribution >= 4 is 17.8 Å². The molecule has 4 aromatic carbocycles. The van der Waals surface area contributed by atoms with E-state index in [2.05, 4.69) is 11.9 Å². The van der Waals surface area contributed by atoms with Crippen molar-refractivity contribution in [2.24, 2.45) is 5.92 Å². The van der Waals surface area contributed by atoms with Gasteiger partial charge in [-0.1, -0.05) is 130 Å². The lowest BCUT2D eigenvalue weighted by Gasteiger charge is -2.44. The molecule has 1 aliphatic heterocycles. The molecule has 4 aromatic rings. The minimum atomic E-state index is -1.36. The molecule has 7 atom stereocenters.